The summed E-state index contributed by atoms with van der Waals surface area (Å²) in [5, 5.41) is 4.12. The van der Waals surface area contributed by atoms with Gasteiger partial charge in [0.05, 0.1) is 6.10 Å². The molecule has 2 heterocycles. The van der Waals surface area contributed by atoms with Crippen LogP contribution in [0, 0.1) is 0 Å². The maximum absolute atomic E-state index is 5.53. The fourth-order valence-electron chi connectivity index (χ4n) is 2.00. The summed E-state index contributed by atoms with van der Waals surface area (Å²) < 4.78 is 5.53. The minimum absolute atomic E-state index is 0.296. The van der Waals surface area contributed by atoms with Gasteiger partial charge in [0.25, 0.3) is 0 Å². The van der Waals surface area contributed by atoms with Crippen LogP contribution in [0.2, 0.25) is 0 Å². The number of nitrogen functional groups attached to an aromatic ring is 1. The third kappa shape index (κ3) is 3.47. The number of hydrogen-bond donors (Lipinski definition) is 3. The molecule has 0 saturated carbocycles. The number of nitrogens with one attached hydrogen (secondary N) is 2. The second-order valence-electron chi connectivity index (χ2n) is 4.32. The fourth-order valence-corrected chi connectivity index (χ4v) is 2.38. The van der Waals surface area contributed by atoms with Crippen LogP contribution in [0.1, 0.15) is 19.8 Å². The first-order chi connectivity index (χ1) is 8.71. The lowest BCUT2D eigenvalue weighted by atomic mass is 10.0. The largest absolute Gasteiger partial charge is 0.378 e. The number of anilines is 2. The third-order valence-corrected chi connectivity index (χ3v) is 3.42. The van der Waals surface area contributed by atoms with Gasteiger partial charge in [0.1, 0.15) is 11.6 Å². The van der Waals surface area contributed by atoms with E-state index in [0.717, 1.165) is 25.3 Å². The van der Waals surface area contributed by atoms with E-state index in [4.69, 9.17) is 10.6 Å². The Morgan fingerprint density at radius 2 is 2.22 bits per heavy atom. The molecule has 7 heteroatoms. The van der Waals surface area contributed by atoms with Crippen molar-refractivity contribution >= 4 is 23.4 Å². The molecule has 2 atom stereocenters. The number of nitrogens with zero attached hydrogens (tertiary/aromatic N) is 2. The van der Waals surface area contributed by atoms with Crippen LogP contribution >= 0.6 is 11.8 Å². The van der Waals surface area contributed by atoms with E-state index >= 15 is 0 Å². The maximum Gasteiger partial charge on any atom is 0.191 e. The predicted octanol–water partition coefficient (Wildman–Crippen LogP) is 1.46. The van der Waals surface area contributed by atoms with Gasteiger partial charge in [-0.3, -0.25) is 0 Å². The predicted molar refractivity (Wildman–Crippen MR) is 73.7 cm³/mol. The molecule has 1 aromatic heterocycles. The second kappa shape index (κ2) is 6.21. The molecule has 0 aromatic carbocycles. The number of ether oxygens (including phenoxy) is 1. The minimum Gasteiger partial charge on any atom is -0.378 e. The Kier molecular flexibility index (Phi) is 4.62. The van der Waals surface area contributed by atoms with Crippen LogP contribution in [0.3, 0.4) is 0 Å². The number of rotatable bonds is 4. The molecule has 0 aliphatic carbocycles. The second-order valence-corrected chi connectivity index (χ2v) is 5.09. The molecule has 0 radical (unpaired) electrons. The summed E-state index contributed by atoms with van der Waals surface area (Å²) in [6.45, 7) is 2.88. The molecule has 6 nitrogen and oxygen atoms in total. The Morgan fingerprint density at radius 1 is 1.44 bits per heavy atom. The van der Waals surface area contributed by atoms with Gasteiger partial charge in [-0.2, -0.15) is 0 Å². The average molecular weight is 269 g/mol. The van der Waals surface area contributed by atoms with E-state index in [1.807, 2.05) is 12.3 Å². The quantitative estimate of drug-likeness (QED) is 0.330. The first kappa shape index (κ1) is 13.4. The van der Waals surface area contributed by atoms with E-state index in [9.17, 15) is 0 Å². The van der Waals surface area contributed by atoms with Gasteiger partial charge in [0.15, 0.2) is 5.16 Å². The summed E-state index contributed by atoms with van der Waals surface area (Å²) in [6.07, 6.45) is 4.22. The van der Waals surface area contributed by atoms with Crippen molar-refractivity contribution in [3.05, 3.63) is 6.07 Å². The SMILES string of the molecule is CSc1nc(NN)cc(NC2CCOC(C)C2)n1. The van der Waals surface area contributed by atoms with Gasteiger partial charge >= 0.3 is 0 Å². The molecular weight excluding hydrogens is 250 g/mol. The van der Waals surface area contributed by atoms with Crippen LogP contribution < -0.4 is 16.6 Å². The molecule has 2 unspecified atom stereocenters. The van der Waals surface area contributed by atoms with Gasteiger partial charge in [0.2, 0.25) is 0 Å². The molecular formula is C11H19N5OS. The summed E-state index contributed by atoms with van der Waals surface area (Å²) in [5.41, 5.74) is 2.56. The number of aromatic nitrogens is 2. The number of thioether (sulfide) groups is 1. The Balaban J connectivity index is 2.07. The number of hydrazine groups is 1. The molecule has 0 amide bonds. The Hall–Kier alpha value is -1.05. The monoisotopic (exact) mass is 269 g/mol. The van der Waals surface area contributed by atoms with E-state index < -0.39 is 0 Å². The Morgan fingerprint density at radius 3 is 2.89 bits per heavy atom. The zero-order valence-corrected chi connectivity index (χ0v) is 11.5. The van der Waals surface area contributed by atoms with Crippen molar-refractivity contribution in [1.29, 1.82) is 0 Å². The van der Waals surface area contributed by atoms with Crippen molar-refractivity contribution in [3.8, 4) is 0 Å². The molecule has 0 spiro atoms. The topological polar surface area (TPSA) is 85.1 Å². The number of nitrogens with two attached hydrogens (primary N) is 1. The fraction of sp³-hybridized carbons (Fsp3) is 0.636. The number of hydrogen-bond acceptors (Lipinski definition) is 7. The minimum atomic E-state index is 0.296. The maximum atomic E-state index is 5.53. The highest BCUT2D eigenvalue weighted by Crippen LogP contribution is 2.21. The standard InChI is InChI=1S/C11H19N5OS/c1-7-5-8(3-4-17-7)13-9-6-10(16-12)15-11(14-9)18-2/h6-8H,3-5,12H2,1-2H3,(H2,13,14,15,16). The molecule has 1 fully saturated rings. The van der Waals surface area contributed by atoms with Crippen LogP contribution in [-0.4, -0.2) is 35.0 Å². The van der Waals surface area contributed by atoms with Crippen LogP contribution in [0.5, 0.6) is 0 Å². The van der Waals surface area contributed by atoms with Crippen molar-refractivity contribution in [3.63, 3.8) is 0 Å². The van der Waals surface area contributed by atoms with E-state index in [2.05, 4.69) is 27.6 Å². The molecule has 1 aliphatic heterocycles. The lowest BCUT2D eigenvalue weighted by Gasteiger charge is -2.28. The average Bonchev–Trinajstić information content (AvgIpc) is 2.38. The van der Waals surface area contributed by atoms with Crippen LogP contribution in [0.4, 0.5) is 11.6 Å². The zero-order valence-electron chi connectivity index (χ0n) is 10.6. The van der Waals surface area contributed by atoms with Crippen LogP contribution in [0.25, 0.3) is 0 Å². The van der Waals surface area contributed by atoms with Crippen LogP contribution in [-0.2, 0) is 4.74 Å². The highest BCUT2D eigenvalue weighted by atomic mass is 32.2. The van der Waals surface area contributed by atoms with Gasteiger partial charge in [-0.25, -0.2) is 15.8 Å². The third-order valence-electron chi connectivity index (χ3n) is 2.87. The van der Waals surface area contributed by atoms with Crippen molar-refractivity contribution in [2.24, 2.45) is 5.84 Å². The highest BCUT2D eigenvalue weighted by Gasteiger charge is 2.19. The first-order valence-electron chi connectivity index (χ1n) is 5.99. The summed E-state index contributed by atoms with van der Waals surface area (Å²) >= 11 is 1.49. The van der Waals surface area contributed by atoms with Gasteiger partial charge in [0, 0.05) is 18.7 Å². The van der Waals surface area contributed by atoms with Crippen molar-refractivity contribution < 1.29 is 4.74 Å². The molecule has 2 rings (SSSR count). The van der Waals surface area contributed by atoms with Crippen LogP contribution in [0.15, 0.2) is 11.2 Å². The van der Waals surface area contributed by atoms with E-state index in [1.165, 1.54) is 11.8 Å². The van der Waals surface area contributed by atoms with Crippen molar-refractivity contribution in [2.45, 2.75) is 37.1 Å². The molecule has 1 aromatic rings. The highest BCUT2D eigenvalue weighted by molar-refractivity contribution is 7.98. The summed E-state index contributed by atoms with van der Waals surface area (Å²) in [5.74, 6) is 6.83. The first-order valence-corrected chi connectivity index (χ1v) is 7.21. The summed E-state index contributed by atoms with van der Waals surface area (Å²) in [7, 11) is 0. The van der Waals surface area contributed by atoms with Gasteiger partial charge < -0.3 is 15.5 Å². The van der Waals surface area contributed by atoms with Gasteiger partial charge in [-0.05, 0) is 26.0 Å². The molecule has 0 bridgehead atoms. The van der Waals surface area contributed by atoms with Gasteiger partial charge in [-0.15, -0.1) is 0 Å². The molecule has 1 saturated heterocycles. The zero-order chi connectivity index (χ0) is 13.0. The smallest absolute Gasteiger partial charge is 0.191 e. The Labute approximate surface area is 111 Å². The normalized spacial score (nSPS) is 23.7. The van der Waals surface area contributed by atoms with E-state index in [0.29, 0.717) is 23.1 Å². The lowest BCUT2D eigenvalue weighted by Crippen LogP contribution is -2.32. The Bertz CT molecular complexity index is 381. The van der Waals surface area contributed by atoms with Gasteiger partial charge in [-0.1, -0.05) is 11.8 Å². The molecule has 1 aliphatic rings. The van der Waals surface area contributed by atoms with Crippen molar-refractivity contribution in [1.82, 2.24) is 9.97 Å². The summed E-state index contributed by atoms with van der Waals surface area (Å²) in [4.78, 5) is 8.65. The van der Waals surface area contributed by atoms with Crippen molar-refractivity contribution in [2.75, 3.05) is 23.6 Å². The lowest BCUT2D eigenvalue weighted by molar-refractivity contribution is 0.0231. The van der Waals surface area contributed by atoms with E-state index in [-0.39, 0.29) is 0 Å². The molecule has 100 valence electrons. The molecule has 4 N–H and O–H groups in total. The van der Waals surface area contributed by atoms with E-state index in [1.54, 1.807) is 0 Å². The molecule has 18 heavy (non-hydrogen) atoms. The summed E-state index contributed by atoms with van der Waals surface area (Å²) in [6, 6.07) is 2.21.